The second kappa shape index (κ2) is 8.88. The summed E-state index contributed by atoms with van der Waals surface area (Å²) in [6.07, 6.45) is 1.78. The average Bonchev–Trinajstić information content (AvgIpc) is 2.56. The summed E-state index contributed by atoms with van der Waals surface area (Å²) in [6, 6.07) is 13.1. The molecule has 0 amide bonds. The molecule has 0 saturated carbocycles. The minimum atomic E-state index is -3.72. The maximum Gasteiger partial charge on any atom is 0.297 e. The molecule has 2 aromatic carbocycles. The first-order valence-corrected chi connectivity index (χ1v) is 10.9. The molecule has 2 aromatic rings. The van der Waals surface area contributed by atoms with Gasteiger partial charge in [0.2, 0.25) is 0 Å². The van der Waals surface area contributed by atoms with E-state index in [4.69, 9.17) is 4.18 Å². The summed E-state index contributed by atoms with van der Waals surface area (Å²) in [4.78, 5) is 1.35. The van der Waals surface area contributed by atoms with E-state index in [9.17, 15) is 8.42 Å². The van der Waals surface area contributed by atoms with Crippen LogP contribution in [0, 0.1) is 13.8 Å². The van der Waals surface area contributed by atoms with Crippen molar-refractivity contribution in [3.05, 3.63) is 59.2 Å². The molecule has 0 aliphatic carbocycles. The van der Waals surface area contributed by atoms with E-state index in [0.717, 1.165) is 23.3 Å². The van der Waals surface area contributed by atoms with Crippen LogP contribution in [0.3, 0.4) is 0 Å². The molecule has 5 heteroatoms. The third kappa shape index (κ3) is 5.87. The Kier molecular flexibility index (Phi) is 7.11. The van der Waals surface area contributed by atoms with Gasteiger partial charge < -0.3 is 0 Å². The third-order valence-electron chi connectivity index (χ3n) is 3.93. The highest BCUT2D eigenvalue weighted by Crippen LogP contribution is 2.25. The SMILES string of the molecule is CCCc1cc(SCC(C)OS(=O)(=O)c2ccc(C)cc2)ccc1C. The molecule has 0 fully saturated rings. The van der Waals surface area contributed by atoms with Crippen LogP contribution in [-0.4, -0.2) is 20.3 Å². The van der Waals surface area contributed by atoms with Crippen molar-refractivity contribution in [2.45, 2.75) is 56.4 Å². The third-order valence-corrected chi connectivity index (χ3v) is 6.58. The van der Waals surface area contributed by atoms with Crippen LogP contribution in [0.5, 0.6) is 0 Å². The normalized spacial score (nSPS) is 13.0. The second-order valence-corrected chi connectivity index (χ2v) is 8.99. The summed E-state index contributed by atoms with van der Waals surface area (Å²) in [5.74, 6) is 0.583. The van der Waals surface area contributed by atoms with Crippen LogP contribution in [0.4, 0.5) is 0 Å². The molecule has 136 valence electrons. The fourth-order valence-electron chi connectivity index (χ4n) is 2.49. The zero-order valence-electron chi connectivity index (χ0n) is 15.3. The second-order valence-electron chi connectivity index (χ2n) is 6.32. The lowest BCUT2D eigenvalue weighted by atomic mass is 10.0. The summed E-state index contributed by atoms with van der Waals surface area (Å²) in [5.41, 5.74) is 3.68. The fraction of sp³-hybridized carbons (Fsp3) is 0.400. The van der Waals surface area contributed by atoms with Crippen LogP contribution in [-0.2, 0) is 20.7 Å². The number of hydrogen-bond donors (Lipinski definition) is 0. The van der Waals surface area contributed by atoms with E-state index < -0.39 is 16.2 Å². The van der Waals surface area contributed by atoms with E-state index in [-0.39, 0.29) is 4.90 Å². The molecule has 0 spiro atoms. The Morgan fingerprint density at radius 2 is 1.76 bits per heavy atom. The summed E-state index contributed by atoms with van der Waals surface area (Å²) >= 11 is 1.63. The highest BCUT2D eigenvalue weighted by Gasteiger charge is 2.19. The summed E-state index contributed by atoms with van der Waals surface area (Å²) in [7, 11) is -3.72. The van der Waals surface area contributed by atoms with Gasteiger partial charge in [0.1, 0.15) is 0 Å². The van der Waals surface area contributed by atoms with E-state index in [0.29, 0.717) is 5.75 Å². The number of benzene rings is 2. The van der Waals surface area contributed by atoms with Crippen molar-refractivity contribution >= 4 is 21.9 Å². The van der Waals surface area contributed by atoms with Crippen LogP contribution < -0.4 is 0 Å². The lowest BCUT2D eigenvalue weighted by Crippen LogP contribution is -2.17. The molecule has 0 radical (unpaired) electrons. The van der Waals surface area contributed by atoms with Crippen molar-refractivity contribution in [3.8, 4) is 0 Å². The Labute approximate surface area is 155 Å². The van der Waals surface area contributed by atoms with Crippen LogP contribution >= 0.6 is 11.8 Å². The molecule has 0 N–H and O–H groups in total. The standard InChI is InChI=1S/C20H26O3S2/c1-5-6-18-13-19(10-9-16(18)3)24-14-17(4)23-25(21,22)20-11-7-15(2)8-12-20/h7-13,17H,5-6,14H2,1-4H3. The highest BCUT2D eigenvalue weighted by atomic mass is 32.2. The van der Waals surface area contributed by atoms with Crippen molar-refractivity contribution in [2.75, 3.05) is 5.75 Å². The van der Waals surface area contributed by atoms with E-state index in [2.05, 4.69) is 32.0 Å². The van der Waals surface area contributed by atoms with Crippen molar-refractivity contribution in [2.24, 2.45) is 0 Å². The summed E-state index contributed by atoms with van der Waals surface area (Å²) in [6.45, 7) is 8.01. The van der Waals surface area contributed by atoms with Crippen molar-refractivity contribution in [3.63, 3.8) is 0 Å². The van der Waals surface area contributed by atoms with Gasteiger partial charge in [-0.05, 0) is 62.6 Å². The predicted molar refractivity (Wildman–Crippen MR) is 105 cm³/mol. The molecule has 0 aromatic heterocycles. The molecule has 0 aliphatic rings. The Morgan fingerprint density at radius 3 is 2.40 bits per heavy atom. The van der Waals surface area contributed by atoms with Crippen molar-refractivity contribution in [1.29, 1.82) is 0 Å². The predicted octanol–water partition coefficient (Wildman–Crippen LogP) is 5.14. The minimum absolute atomic E-state index is 0.204. The van der Waals surface area contributed by atoms with E-state index in [1.165, 1.54) is 11.1 Å². The Hall–Kier alpha value is -1.30. The zero-order valence-corrected chi connectivity index (χ0v) is 16.9. The quantitative estimate of drug-likeness (QED) is 0.471. The molecule has 0 saturated heterocycles. The lowest BCUT2D eigenvalue weighted by Gasteiger charge is -2.14. The van der Waals surface area contributed by atoms with Gasteiger partial charge in [-0.25, -0.2) is 0 Å². The first-order valence-electron chi connectivity index (χ1n) is 8.54. The van der Waals surface area contributed by atoms with Gasteiger partial charge >= 0.3 is 0 Å². The van der Waals surface area contributed by atoms with Gasteiger partial charge in [-0.2, -0.15) is 8.42 Å². The molecule has 2 rings (SSSR count). The highest BCUT2D eigenvalue weighted by molar-refractivity contribution is 7.99. The molecular weight excluding hydrogens is 352 g/mol. The molecule has 1 unspecified atom stereocenters. The van der Waals surface area contributed by atoms with E-state index in [1.54, 1.807) is 43.0 Å². The minimum Gasteiger partial charge on any atom is -0.262 e. The average molecular weight is 379 g/mol. The first-order chi connectivity index (χ1) is 11.8. The van der Waals surface area contributed by atoms with Gasteiger partial charge in [0.25, 0.3) is 10.1 Å². The molecule has 25 heavy (non-hydrogen) atoms. The fourth-order valence-corrected chi connectivity index (χ4v) is 4.55. The molecule has 0 heterocycles. The van der Waals surface area contributed by atoms with Gasteiger partial charge in [-0.3, -0.25) is 4.18 Å². The van der Waals surface area contributed by atoms with Crippen LogP contribution in [0.1, 0.15) is 37.0 Å². The zero-order chi connectivity index (χ0) is 18.4. The number of thioether (sulfide) groups is 1. The summed E-state index contributed by atoms with van der Waals surface area (Å²) < 4.78 is 30.0. The van der Waals surface area contributed by atoms with Crippen LogP contribution in [0.15, 0.2) is 52.3 Å². The van der Waals surface area contributed by atoms with E-state index >= 15 is 0 Å². The van der Waals surface area contributed by atoms with Gasteiger partial charge in [-0.15, -0.1) is 11.8 Å². The largest absolute Gasteiger partial charge is 0.297 e. The number of hydrogen-bond acceptors (Lipinski definition) is 4. The molecule has 3 nitrogen and oxygen atoms in total. The van der Waals surface area contributed by atoms with Crippen LogP contribution in [0.2, 0.25) is 0 Å². The van der Waals surface area contributed by atoms with E-state index in [1.807, 2.05) is 6.92 Å². The van der Waals surface area contributed by atoms with Gasteiger partial charge in [-0.1, -0.05) is 37.1 Å². The summed E-state index contributed by atoms with van der Waals surface area (Å²) in [5, 5.41) is 0. The monoisotopic (exact) mass is 378 g/mol. The maximum atomic E-state index is 12.3. The molecular formula is C20H26O3S2. The molecule has 0 aliphatic heterocycles. The Bertz CT molecular complexity index is 796. The molecule has 1 atom stereocenters. The smallest absolute Gasteiger partial charge is 0.262 e. The number of aryl methyl sites for hydroxylation is 3. The topological polar surface area (TPSA) is 43.4 Å². The molecule has 0 bridgehead atoms. The van der Waals surface area contributed by atoms with Crippen molar-refractivity contribution < 1.29 is 12.6 Å². The lowest BCUT2D eigenvalue weighted by molar-refractivity contribution is 0.253. The number of rotatable bonds is 8. The van der Waals surface area contributed by atoms with Crippen LogP contribution in [0.25, 0.3) is 0 Å². The van der Waals surface area contributed by atoms with Gasteiger partial charge in [0.15, 0.2) is 0 Å². The first kappa shape index (κ1) is 20.0. The Balaban J connectivity index is 1.97. The Morgan fingerprint density at radius 1 is 1.08 bits per heavy atom. The van der Waals surface area contributed by atoms with Gasteiger partial charge in [0, 0.05) is 10.6 Å². The maximum absolute atomic E-state index is 12.3. The van der Waals surface area contributed by atoms with Gasteiger partial charge in [0.05, 0.1) is 11.0 Å². The van der Waals surface area contributed by atoms with Crippen molar-refractivity contribution in [1.82, 2.24) is 0 Å².